The molecule has 0 amide bonds. The molecule has 20 heavy (non-hydrogen) atoms. The summed E-state index contributed by atoms with van der Waals surface area (Å²) in [5.74, 6) is 0.940. The van der Waals surface area contributed by atoms with Gasteiger partial charge < -0.3 is 9.47 Å². The van der Waals surface area contributed by atoms with Crippen molar-refractivity contribution in [3.05, 3.63) is 41.0 Å². The van der Waals surface area contributed by atoms with Gasteiger partial charge in [-0.1, -0.05) is 0 Å². The van der Waals surface area contributed by atoms with E-state index in [2.05, 4.69) is 20.9 Å². The first-order valence-corrected chi connectivity index (χ1v) is 8.43. The minimum Gasteiger partial charge on any atom is -0.497 e. The fraction of sp³-hybridized carbons (Fsp3) is 0.0833. The monoisotopic (exact) mass is 377 g/mol. The number of benzene rings is 1. The molecule has 0 spiro atoms. The molecule has 5 nitrogen and oxygen atoms in total. The van der Waals surface area contributed by atoms with E-state index in [1.54, 1.807) is 25.3 Å². The highest BCUT2D eigenvalue weighted by atomic mass is 79.9. The van der Waals surface area contributed by atoms with Gasteiger partial charge >= 0.3 is 0 Å². The number of pyridine rings is 1. The minimum atomic E-state index is -3.93. The van der Waals surface area contributed by atoms with Crippen molar-refractivity contribution in [2.45, 2.75) is 4.90 Å². The van der Waals surface area contributed by atoms with Crippen LogP contribution >= 0.6 is 26.6 Å². The van der Waals surface area contributed by atoms with Gasteiger partial charge in [-0.15, -0.1) is 0 Å². The van der Waals surface area contributed by atoms with Gasteiger partial charge in [0, 0.05) is 16.9 Å². The summed E-state index contributed by atoms with van der Waals surface area (Å²) in [6, 6.07) is 7.78. The lowest BCUT2D eigenvalue weighted by Gasteiger charge is -2.10. The van der Waals surface area contributed by atoms with Gasteiger partial charge in [0.05, 0.1) is 11.6 Å². The molecule has 1 aromatic heterocycles. The van der Waals surface area contributed by atoms with Crippen LogP contribution in [0.25, 0.3) is 0 Å². The van der Waals surface area contributed by atoms with Gasteiger partial charge in [-0.25, -0.2) is 13.4 Å². The summed E-state index contributed by atoms with van der Waals surface area (Å²) in [5, 5.41) is 0. The second-order valence-corrected chi connectivity index (χ2v) is 7.03. The molecule has 0 bridgehead atoms. The topological polar surface area (TPSA) is 65.5 Å². The Morgan fingerprint density at radius 3 is 2.65 bits per heavy atom. The second-order valence-electron chi connectivity index (χ2n) is 3.64. The van der Waals surface area contributed by atoms with Crippen molar-refractivity contribution in [2.75, 3.05) is 7.11 Å². The third-order valence-electron chi connectivity index (χ3n) is 2.34. The van der Waals surface area contributed by atoms with Crippen LogP contribution in [-0.4, -0.2) is 20.5 Å². The zero-order chi connectivity index (χ0) is 14.8. The lowest BCUT2D eigenvalue weighted by molar-refractivity contribution is 0.410. The SMILES string of the molecule is COc1ccc(Oc2ncccc2S(=O)(=O)Cl)c(Br)c1. The van der Waals surface area contributed by atoms with Gasteiger partial charge in [0.2, 0.25) is 5.88 Å². The van der Waals surface area contributed by atoms with E-state index >= 15 is 0 Å². The molecule has 8 heteroatoms. The summed E-state index contributed by atoms with van der Waals surface area (Å²) in [5.41, 5.74) is 0. The maximum Gasteiger partial charge on any atom is 0.266 e. The lowest BCUT2D eigenvalue weighted by atomic mass is 10.3. The molecule has 1 heterocycles. The number of halogens is 2. The number of hydrogen-bond donors (Lipinski definition) is 0. The lowest BCUT2D eigenvalue weighted by Crippen LogP contribution is -1.98. The van der Waals surface area contributed by atoms with Crippen molar-refractivity contribution in [1.29, 1.82) is 0 Å². The molecule has 0 radical (unpaired) electrons. The van der Waals surface area contributed by atoms with Gasteiger partial charge in [0.1, 0.15) is 16.4 Å². The average molecular weight is 379 g/mol. The molecule has 0 atom stereocenters. The largest absolute Gasteiger partial charge is 0.497 e. The summed E-state index contributed by atoms with van der Waals surface area (Å²) < 4.78 is 34.0. The number of aromatic nitrogens is 1. The summed E-state index contributed by atoms with van der Waals surface area (Å²) in [7, 11) is 2.94. The Labute approximate surface area is 129 Å². The quantitative estimate of drug-likeness (QED) is 0.761. The standard InChI is InChI=1S/C12H9BrClNO4S/c1-18-8-4-5-10(9(13)7-8)19-12-11(20(14,16)17)3-2-6-15-12/h2-7H,1H3. The van der Waals surface area contributed by atoms with Crippen molar-refractivity contribution < 1.29 is 17.9 Å². The van der Waals surface area contributed by atoms with E-state index in [9.17, 15) is 8.42 Å². The van der Waals surface area contributed by atoms with Crippen LogP contribution in [0.15, 0.2) is 45.9 Å². The highest BCUT2D eigenvalue weighted by Crippen LogP contribution is 2.34. The molecule has 2 rings (SSSR count). The van der Waals surface area contributed by atoms with Crippen LogP contribution in [0, 0.1) is 0 Å². The van der Waals surface area contributed by atoms with Gasteiger partial charge in [-0.05, 0) is 46.3 Å². The van der Waals surface area contributed by atoms with Crippen LogP contribution in [0.3, 0.4) is 0 Å². The minimum absolute atomic E-state index is 0.0895. The Bertz CT molecular complexity index is 736. The van der Waals surface area contributed by atoms with E-state index in [1.165, 1.54) is 18.3 Å². The number of hydrogen-bond acceptors (Lipinski definition) is 5. The first-order valence-electron chi connectivity index (χ1n) is 5.33. The van der Waals surface area contributed by atoms with Crippen molar-refractivity contribution in [2.24, 2.45) is 0 Å². The van der Waals surface area contributed by atoms with E-state index in [-0.39, 0.29) is 10.8 Å². The van der Waals surface area contributed by atoms with Gasteiger partial charge in [0.25, 0.3) is 9.05 Å². The summed E-state index contributed by atoms with van der Waals surface area (Å²) in [4.78, 5) is 3.70. The van der Waals surface area contributed by atoms with Crippen LogP contribution in [0.4, 0.5) is 0 Å². The third kappa shape index (κ3) is 3.41. The van der Waals surface area contributed by atoms with Crippen molar-refractivity contribution in [3.8, 4) is 17.4 Å². The molecule has 0 aliphatic rings. The van der Waals surface area contributed by atoms with E-state index < -0.39 is 9.05 Å². The zero-order valence-electron chi connectivity index (χ0n) is 10.2. The fourth-order valence-electron chi connectivity index (χ4n) is 1.43. The Balaban J connectivity index is 2.41. The third-order valence-corrected chi connectivity index (χ3v) is 4.30. The van der Waals surface area contributed by atoms with Gasteiger partial charge in [0.15, 0.2) is 0 Å². The van der Waals surface area contributed by atoms with Crippen molar-refractivity contribution in [1.82, 2.24) is 4.98 Å². The summed E-state index contributed by atoms with van der Waals surface area (Å²) >= 11 is 3.31. The Morgan fingerprint density at radius 1 is 1.30 bits per heavy atom. The normalized spacial score (nSPS) is 11.2. The maximum atomic E-state index is 11.4. The van der Waals surface area contributed by atoms with Crippen LogP contribution in [0.5, 0.6) is 17.4 Å². The first-order chi connectivity index (χ1) is 9.41. The molecule has 0 fully saturated rings. The molecular weight excluding hydrogens is 370 g/mol. The molecule has 1 aromatic carbocycles. The van der Waals surface area contributed by atoms with Crippen LogP contribution < -0.4 is 9.47 Å². The number of ether oxygens (including phenoxy) is 2. The zero-order valence-corrected chi connectivity index (χ0v) is 13.4. The highest BCUT2D eigenvalue weighted by molar-refractivity contribution is 9.10. The fourth-order valence-corrected chi connectivity index (χ4v) is 2.77. The Kier molecular flexibility index (Phi) is 4.52. The van der Waals surface area contributed by atoms with Crippen molar-refractivity contribution in [3.63, 3.8) is 0 Å². The number of rotatable bonds is 4. The Hall–Kier alpha value is -1.31. The molecule has 2 aromatic rings. The summed E-state index contributed by atoms with van der Waals surface area (Å²) in [6.45, 7) is 0. The predicted octanol–water partition coefficient (Wildman–Crippen LogP) is 3.57. The molecule has 0 aliphatic heterocycles. The molecule has 0 saturated carbocycles. The summed E-state index contributed by atoms with van der Waals surface area (Å²) in [6.07, 6.45) is 1.42. The van der Waals surface area contributed by atoms with Crippen LogP contribution in [-0.2, 0) is 9.05 Å². The van der Waals surface area contributed by atoms with Crippen molar-refractivity contribution >= 4 is 35.7 Å². The molecular formula is C12H9BrClNO4S. The highest BCUT2D eigenvalue weighted by Gasteiger charge is 2.19. The van der Waals surface area contributed by atoms with E-state index in [4.69, 9.17) is 20.2 Å². The predicted molar refractivity (Wildman–Crippen MR) is 78.0 cm³/mol. The smallest absolute Gasteiger partial charge is 0.266 e. The first kappa shape index (κ1) is 15.1. The molecule has 0 saturated heterocycles. The van der Waals surface area contributed by atoms with E-state index in [1.807, 2.05) is 0 Å². The average Bonchev–Trinajstić information content (AvgIpc) is 2.40. The number of nitrogens with zero attached hydrogens (tertiary/aromatic N) is 1. The van der Waals surface area contributed by atoms with Gasteiger partial charge in [-0.3, -0.25) is 0 Å². The van der Waals surface area contributed by atoms with Gasteiger partial charge in [-0.2, -0.15) is 0 Å². The Morgan fingerprint density at radius 2 is 2.05 bits per heavy atom. The van der Waals surface area contributed by atoms with E-state index in [0.29, 0.717) is 16.0 Å². The number of methoxy groups -OCH3 is 1. The maximum absolute atomic E-state index is 11.4. The molecule has 106 valence electrons. The van der Waals surface area contributed by atoms with Crippen LogP contribution in [0.2, 0.25) is 0 Å². The molecule has 0 unspecified atom stereocenters. The second kappa shape index (κ2) is 5.99. The molecule has 0 N–H and O–H groups in total. The molecule has 0 aliphatic carbocycles. The van der Waals surface area contributed by atoms with E-state index in [0.717, 1.165) is 0 Å². The van der Waals surface area contributed by atoms with Crippen LogP contribution in [0.1, 0.15) is 0 Å².